The van der Waals surface area contributed by atoms with E-state index in [9.17, 15) is 5.11 Å². The van der Waals surface area contributed by atoms with Crippen LogP contribution in [0.5, 0.6) is 5.75 Å². The molecule has 0 bridgehead atoms. The van der Waals surface area contributed by atoms with Gasteiger partial charge in [0.25, 0.3) is 0 Å². The molecule has 3 N–H and O–H groups in total. The molecule has 0 saturated heterocycles. The van der Waals surface area contributed by atoms with Crippen molar-refractivity contribution in [3.63, 3.8) is 0 Å². The van der Waals surface area contributed by atoms with Crippen LogP contribution in [0.25, 0.3) is 0 Å². The Balaban J connectivity index is 2.00. The third-order valence-corrected chi connectivity index (χ3v) is 3.65. The van der Waals surface area contributed by atoms with Crippen LogP contribution >= 0.6 is 0 Å². The Morgan fingerprint density at radius 3 is 2.29 bits per heavy atom. The minimum absolute atomic E-state index is 0.186. The minimum atomic E-state index is -0.616. The summed E-state index contributed by atoms with van der Waals surface area (Å²) in [6, 6.07) is 17.1. The van der Waals surface area contributed by atoms with Gasteiger partial charge in [-0.15, -0.1) is 0 Å². The molecule has 0 saturated carbocycles. The Bertz CT molecular complexity index is 542. The molecule has 21 heavy (non-hydrogen) atoms. The Hall–Kier alpha value is -1.88. The van der Waals surface area contributed by atoms with Crippen molar-refractivity contribution in [1.29, 1.82) is 0 Å². The van der Waals surface area contributed by atoms with Crippen LogP contribution in [0.1, 0.15) is 24.2 Å². The highest BCUT2D eigenvalue weighted by Gasteiger charge is 2.20. The molecule has 0 aromatic heterocycles. The SMILES string of the molecule is COc1ccc(CN(N)[C@@H](C)[C@H](O)c2ccccc2)cc1. The molecule has 2 aromatic carbocycles. The summed E-state index contributed by atoms with van der Waals surface area (Å²) in [5.74, 6) is 6.92. The Morgan fingerprint density at radius 2 is 1.71 bits per heavy atom. The standard InChI is InChI=1S/C17H22N2O2/c1-13(17(20)15-6-4-3-5-7-15)19(18)12-14-8-10-16(21-2)11-9-14/h3-11,13,17,20H,12,18H2,1-2H3/t13-,17-/m0/s1. The van der Waals surface area contributed by atoms with E-state index in [0.717, 1.165) is 16.9 Å². The molecule has 2 aromatic rings. The van der Waals surface area contributed by atoms with Gasteiger partial charge in [-0.1, -0.05) is 42.5 Å². The molecule has 0 amide bonds. The third-order valence-electron chi connectivity index (χ3n) is 3.65. The van der Waals surface area contributed by atoms with Crippen molar-refractivity contribution < 1.29 is 9.84 Å². The average molecular weight is 286 g/mol. The minimum Gasteiger partial charge on any atom is -0.497 e. The zero-order valence-corrected chi connectivity index (χ0v) is 12.4. The molecule has 0 unspecified atom stereocenters. The first-order chi connectivity index (χ1) is 10.1. The molecule has 0 radical (unpaired) electrons. The van der Waals surface area contributed by atoms with Gasteiger partial charge in [0.1, 0.15) is 5.75 Å². The van der Waals surface area contributed by atoms with E-state index >= 15 is 0 Å². The van der Waals surface area contributed by atoms with Crippen LogP contribution in [0.3, 0.4) is 0 Å². The summed E-state index contributed by atoms with van der Waals surface area (Å²) in [6.07, 6.45) is -0.616. The molecule has 2 rings (SSSR count). The Kier molecular flexibility index (Phi) is 5.33. The third kappa shape index (κ3) is 4.04. The first kappa shape index (κ1) is 15.5. The van der Waals surface area contributed by atoms with Gasteiger partial charge < -0.3 is 9.84 Å². The molecule has 2 atom stereocenters. The molecule has 4 heteroatoms. The van der Waals surface area contributed by atoms with Crippen LogP contribution in [-0.2, 0) is 6.54 Å². The summed E-state index contributed by atoms with van der Waals surface area (Å²) in [5, 5.41) is 12.0. The maximum absolute atomic E-state index is 10.4. The van der Waals surface area contributed by atoms with E-state index in [0.29, 0.717) is 6.54 Å². The van der Waals surface area contributed by atoms with Gasteiger partial charge in [0.05, 0.1) is 19.3 Å². The lowest BCUT2D eigenvalue weighted by atomic mass is 10.0. The van der Waals surface area contributed by atoms with Crippen molar-refractivity contribution in [2.24, 2.45) is 5.84 Å². The summed E-state index contributed by atoms with van der Waals surface area (Å²) < 4.78 is 5.13. The van der Waals surface area contributed by atoms with Crippen molar-refractivity contribution in [1.82, 2.24) is 5.01 Å². The van der Waals surface area contributed by atoms with Crippen molar-refractivity contribution >= 4 is 0 Å². The zero-order valence-electron chi connectivity index (χ0n) is 12.4. The summed E-state index contributed by atoms with van der Waals surface area (Å²) in [7, 11) is 1.64. The lowest BCUT2D eigenvalue weighted by Gasteiger charge is -2.28. The lowest BCUT2D eigenvalue weighted by molar-refractivity contribution is 0.0531. The van der Waals surface area contributed by atoms with Gasteiger partial charge in [-0.3, -0.25) is 5.84 Å². The largest absolute Gasteiger partial charge is 0.497 e. The maximum Gasteiger partial charge on any atom is 0.118 e. The van der Waals surface area contributed by atoms with E-state index in [-0.39, 0.29) is 6.04 Å². The molecule has 112 valence electrons. The number of nitrogens with two attached hydrogens (primary N) is 1. The van der Waals surface area contributed by atoms with Crippen molar-refractivity contribution in [3.05, 3.63) is 65.7 Å². The van der Waals surface area contributed by atoms with Crippen LogP contribution in [0.4, 0.5) is 0 Å². The fourth-order valence-corrected chi connectivity index (χ4v) is 2.20. The number of methoxy groups -OCH3 is 1. The highest BCUT2D eigenvalue weighted by Crippen LogP contribution is 2.20. The second-order valence-corrected chi connectivity index (χ2v) is 5.12. The van der Waals surface area contributed by atoms with Gasteiger partial charge in [0.15, 0.2) is 0 Å². The molecule has 0 heterocycles. The van der Waals surface area contributed by atoms with Gasteiger partial charge in [-0.25, -0.2) is 5.01 Å². The van der Waals surface area contributed by atoms with Crippen molar-refractivity contribution in [3.8, 4) is 5.75 Å². The second kappa shape index (κ2) is 7.22. The van der Waals surface area contributed by atoms with Crippen LogP contribution < -0.4 is 10.6 Å². The van der Waals surface area contributed by atoms with Crippen LogP contribution in [0.15, 0.2) is 54.6 Å². The molecule has 0 spiro atoms. The van der Waals surface area contributed by atoms with Crippen LogP contribution in [0, 0.1) is 0 Å². The predicted octanol–water partition coefficient (Wildman–Crippen LogP) is 2.49. The summed E-state index contributed by atoms with van der Waals surface area (Å²) in [6.45, 7) is 2.48. The summed E-state index contributed by atoms with van der Waals surface area (Å²) in [4.78, 5) is 0. The number of aliphatic hydroxyl groups excluding tert-OH is 1. The number of benzene rings is 2. The number of hydrazine groups is 1. The van der Waals surface area contributed by atoms with Gasteiger partial charge in [0, 0.05) is 6.54 Å². The molecule has 4 nitrogen and oxygen atoms in total. The van der Waals surface area contributed by atoms with Crippen LogP contribution in [-0.4, -0.2) is 23.3 Å². The van der Waals surface area contributed by atoms with E-state index in [2.05, 4.69) is 0 Å². The van der Waals surface area contributed by atoms with E-state index in [1.54, 1.807) is 12.1 Å². The van der Waals surface area contributed by atoms with Crippen molar-refractivity contribution in [2.45, 2.75) is 25.6 Å². The number of ether oxygens (including phenoxy) is 1. The zero-order chi connectivity index (χ0) is 15.2. The number of rotatable bonds is 6. The highest BCUT2D eigenvalue weighted by atomic mass is 16.5. The highest BCUT2D eigenvalue weighted by molar-refractivity contribution is 5.27. The monoisotopic (exact) mass is 286 g/mol. The molecular weight excluding hydrogens is 264 g/mol. The van der Waals surface area contributed by atoms with Crippen molar-refractivity contribution in [2.75, 3.05) is 7.11 Å². The predicted molar refractivity (Wildman–Crippen MR) is 83.6 cm³/mol. The molecule has 0 aliphatic rings. The first-order valence-electron chi connectivity index (χ1n) is 6.99. The Morgan fingerprint density at radius 1 is 1.10 bits per heavy atom. The van der Waals surface area contributed by atoms with Gasteiger partial charge in [0.2, 0.25) is 0 Å². The van der Waals surface area contributed by atoms with E-state index in [4.69, 9.17) is 10.6 Å². The normalized spacial score (nSPS) is 14.0. The average Bonchev–Trinajstić information content (AvgIpc) is 2.55. The molecule has 0 aliphatic carbocycles. The maximum atomic E-state index is 10.4. The topological polar surface area (TPSA) is 58.7 Å². The fraction of sp³-hybridized carbons (Fsp3) is 0.294. The summed E-state index contributed by atoms with van der Waals surface area (Å²) >= 11 is 0. The van der Waals surface area contributed by atoms with E-state index in [1.165, 1.54) is 0 Å². The fourth-order valence-electron chi connectivity index (χ4n) is 2.20. The van der Waals surface area contributed by atoms with Crippen LogP contribution in [0.2, 0.25) is 0 Å². The second-order valence-electron chi connectivity index (χ2n) is 5.12. The first-order valence-corrected chi connectivity index (χ1v) is 6.99. The number of hydrogen-bond donors (Lipinski definition) is 2. The molecular formula is C17H22N2O2. The number of aliphatic hydroxyl groups is 1. The van der Waals surface area contributed by atoms with Gasteiger partial charge in [-0.05, 0) is 30.2 Å². The molecule has 0 aliphatic heterocycles. The number of hydrogen-bond acceptors (Lipinski definition) is 4. The smallest absolute Gasteiger partial charge is 0.118 e. The van der Waals surface area contributed by atoms with Gasteiger partial charge >= 0.3 is 0 Å². The summed E-state index contributed by atoms with van der Waals surface area (Å²) in [5.41, 5.74) is 1.94. The number of nitrogens with zero attached hydrogens (tertiary/aromatic N) is 1. The van der Waals surface area contributed by atoms with E-state index in [1.807, 2.05) is 61.5 Å². The molecule has 0 fully saturated rings. The van der Waals surface area contributed by atoms with E-state index < -0.39 is 6.10 Å². The lowest BCUT2D eigenvalue weighted by Crippen LogP contribution is -2.42. The quantitative estimate of drug-likeness (QED) is 0.633. The Labute approximate surface area is 125 Å². The van der Waals surface area contributed by atoms with Gasteiger partial charge in [-0.2, -0.15) is 0 Å².